The van der Waals surface area contributed by atoms with Gasteiger partial charge < -0.3 is 9.64 Å². The minimum Gasteiger partial charge on any atom is -0.497 e. The summed E-state index contributed by atoms with van der Waals surface area (Å²) in [5, 5.41) is 0. The van der Waals surface area contributed by atoms with Gasteiger partial charge in [-0.3, -0.25) is 9.36 Å². The Bertz CT molecular complexity index is 1040. The molecule has 2 aromatic heterocycles. The molecule has 3 aromatic rings. The minimum atomic E-state index is 0.221. The number of amides is 1. The molecule has 168 valence electrons. The van der Waals surface area contributed by atoms with E-state index in [1.54, 1.807) is 7.11 Å². The Kier molecular flexibility index (Phi) is 6.88. The van der Waals surface area contributed by atoms with Crippen LogP contribution in [0.3, 0.4) is 0 Å². The van der Waals surface area contributed by atoms with Crippen LogP contribution in [0.4, 0.5) is 0 Å². The average molecular weight is 433 g/mol. The molecule has 6 heteroatoms. The van der Waals surface area contributed by atoms with Crippen molar-refractivity contribution in [2.24, 2.45) is 0 Å². The van der Waals surface area contributed by atoms with Crippen LogP contribution in [0.2, 0.25) is 0 Å². The fourth-order valence-electron chi connectivity index (χ4n) is 4.38. The van der Waals surface area contributed by atoms with Crippen molar-refractivity contribution in [3.05, 3.63) is 71.9 Å². The van der Waals surface area contributed by atoms with Crippen LogP contribution in [-0.2, 0) is 11.2 Å². The minimum absolute atomic E-state index is 0.221. The van der Waals surface area contributed by atoms with E-state index in [0.29, 0.717) is 12.3 Å². The average Bonchev–Trinajstić information content (AvgIpc) is 3.34. The normalized spacial score (nSPS) is 16.4. The Balaban J connectivity index is 1.41. The molecule has 0 N–H and O–H groups in total. The molecule has 0 spiro atoms. The summed E-state index contributed by atoms with van der Waals surface area (Å²) >= 11 is 0. The molecule has 3 heterocycles. The highest BCUT2D eigenvalue weighted by Gasteiger charge is 2.26. The molecule has 0 unspecified atom stereocenters. The lowest BCUT2D eigenvalue weighted by molar-refractivity contribution is -0.132. The maximum absolute atomic E-state index is 12.9. The van der Waals surface area contributed by atoms with E-state index in [1.165, 1.54) is 0 Å². The highest BCUT2D eigenvalue weighted by Crippen LogP contribution is 2.27. The van der Waals surface area contributed by atoms with Gasteiger partial charge in [-0.2, -0.15) is 0 Å². The summed E-state index contributed by atoms with van der Waals surface area (Å²) in [5.41, 5.74) is 2.21. The smallest absolute Gasteiger partial charge is 0.222 e. The van der Waals surface area contributed by atoms with Crippen LogP contribution < -0.4 is 4.74 Å². The summed E-state index contributed by atoms with van der Waals surface area (Å²) in [6.07, 6.45) is 7.13. The molecule has 1 amide bonds. The highest BCUT2D eigenvalue weighted by molar-refractivity contribution is 5.76. The van der Waals surface area contributed by atoms with Crippen molar-refractivity contribution in [3.63, 3.8) is 0 Å². The highest BCUT2D eigenvalue weighted by atomic mass is 16.5. The molecule has 1 aliphatic heterocycles. The number of hydrogen-bond acceptors (Lipinski definition) is 4. The molecule has 0 saturated carbocycles. The summed E-state index contributed by atoms with van der Waals surface area (Å²) in [6.45, 7) is 5.84. The van der Waals surface area contributed by atoms with Gasteiger partial charge in [0.15, 0.2) is 0 Å². The summed E-state index contributed by atoms with van der Waals surface area (Å²) in [4.78, 5) is 24.4. The van der Waals surface area contributed by atoms with E-state index in [1.807, 2.05) is 47.6 Å². The fraction of sp³-hybridized carbons (Fsp3) is 0.423. The van der Waals surface area contributed by atoms with Crippen LogP contribution in [0, 0.1) is 0 Å². The first-order chi connectivity index (χ1) is 15.5. The third-order valence-electron chi connectivity index (χ3n) is 6.17. The standard InChI is InChI=1S/C26H32N4O2/c1-19(2)26-27-15-17-30(26)24-8-4-7-23(28-24)21-6-5-16-29(18-21)25(31)14-11-20-9-12-22(32-3)13-10-20/h4,7-10,12-13,15,17,19,21H,5-6,11,14,16,18H2,1-3H3/t21-/m1/s1. The summed E-state index contributed by atoms with van der Waals surface area (Å²) in [6, 6.07) is 14.1. The SMILES string of the molecule is COc1ccc(CCC(=O)N2CCC[C@@H](c3cccc(-n4ccnc4C(C)C)n3)C2)cc1. The second-order valence-corrected chi connectivity index (χ2v) is 8.76. The van der Waals surface area contributed by atoms with Gasteiger partial charge in [-0.15, -0.1) is 0 Å². The Morgan fingerprint density at radius 3 is 2.75 bits per heavy atom. The number of benzene rings is 1. The predicted molar refractivity (Wildman–Crippen MR) is 125 cm³/mol. The maximum Gasteiger partial charge on any atom is 0.222 e. The van der Waals surface area contributed by atoms with Crippen molar-refractivity contribution >= 4 is 5.91 Å². The maximum atomic E-state index is 12.9. The number of aryl methyl sites for hydroxylation is 1. The van der Waals surface area contributed by atoms with Crippen molar-refractivity contribution < 1.29 is 9.53 Å². The van der Waals surface area contributed by atoms with E-state index < -0.39 is 0 Å². The Morgan fingerprint density at radius 2 is 2.00 bits per heavy atom. The lowest BCUT2D eigenvalue weighted by atomic mass is 9.94. The number of aromatic nitrogens is 3. The molecular formula is C26H32N4O2. The quantitative estimate of drug-likeness (QED) is 0.541. The van der Waals surface area contributed by atoms with Gasteiger partial charge in [-0.25, -0.2) is 9.97 Å². The third kappa shape index (κ3) is 5.01. The second-order valence-electron chi connectivity index (χ2n) is 8.76. The van der Waals surface area contributed by atoms with Gasteiger partial charge in [0.25, 0.3) is 0 Å². The first kappa shape index (κ1) is 22.1. The second kappa shape index (κ2) is 9.98. The zero-order valence-electron chi connectivity index (χ0n) is 19.2. The molecule has 1 fully saturated rings. The van der Waals surface area contributed by atoms with Gasteiger partial charge in [0.2, 0.25) is 5.91 Å². The lowest BCUT2D eigenvalue weighted by Crippen LogP contribution is -2.39. The molecule has 0 bridgehead atoms. The number of carbonyl (C=O) groups is 1. The number of imidazole rings is 1. The molecule has 1 atom stereocenters. The van der Waals surface area contributed by atoms with Crippen molar-refractivity contribution in [1.29, 1.82) is 0 Å². The van der Waals surface area contributed by atoms with Crippen LogP contribution in [-0.4, -0.2) is 45.5 Å². The van der Waals surface area contributed by atoms with E-state index in [9.17, 15) is 4.79 Å². The Labute approximate surface area is 190 Å². The van der Waals surface area contributed by atoms with Crippen LogP contribution >= 0.6 is 0 Å². The van der Waals surface area contributed by atoms with Crippen LogP contribution in [0.5, 0.6) is 5.75 Å². The van der Waals surface area contributed by atoms with Crippen molar-refractivity contribution in [2.45, 2.75) is 51.4 Å². The molecule has 1 aliphatic rings. The van der Waals surface area contributed by atoms with Crippen LogP contribution in [0.25, 0.3) is 5.82 Å². The van der Waals surface area contributed by atoms with Gasteiger partial charge in [0, 0.05) is 49.4 Å². The monoisotopic (exact) mass is 432 g/mol. The molecule has 1 saturated heterocycles. The molecule has 1 aromatic carbocycles. The number of nitrogens with zero attached hydrogens (tertiary/aromatic N) is 4. The van der Waals surface area contributed by atoms with Crippen molar-refractivity contribution in [3.8, 4) is 11.6 Å². The van der Waals surface area contributed by atoms with E-state index in [0.717, 1.165) is 61.0 Å². The number of piperidine rings is 1. The number of likely N-dealkylation sites (tertiary alicyclic amines) is 1. The van der Waals surface area contributed by atoms with Gasteiger partial charge in [0.1, 0.15) is 17.4 Å². The Hall–Kier alpha value is -3.15. The van der Waals surface area contributed by atoms with Crippen molar-refractivity contribution in [1.82, 2.24) is 19.4 Å². The van der Waals surface area contributed by atoms with Crippen molar-refractivity contribution in [2.75, 3.05) is 20.2 Å². The lowest BCUT2D eigenvalue weighted by Gasteiger charge is -2.33. The van der Waals surface area contributed by atoms with E-state index in [2.05, 4.69) is 35.5 Å². The summed E-state index contributed by atoms with van der Waals surface area (Å²) in [7, 11) is 1.66. The van der Waals surface area contributed by atoms with E-state index >= 15 is 0 Å². The topological polar surface area (TPSA) is 60.2 Å². The van der Waals surface area contributed by atoms with Gasteiger partial charge >= 0.3 is 0 Å². The molecule has 0 aliphatic carbocycles. The number of carbonyl (C=O) groups excluding carboxylic acids is 1. The molecular weight excluding hydrogens is 400 g/mol. The van der Waals surface area contributed by atoms with Gasteiger partial charge in [0.05, 0.1) is 7.11 Å². The Morgan fingerprint density at radius 1 is 1.19 bits per heavy atom. The van der Waals surface area contributed by atoms with E-state index in [-0.39, 0.29) is 11.8 Å². The molecule has 0 radical (unpaired) electrons. The third-order valence-corrected chi connectivity index (χ3v) is 6.17. The first-order valence-electron chi connectivity index (χ1n) is 11.5. The van der Waals surface area contributed by atoms with Gasteiger partial charge in [-0.05, 0) is 49.1 Å². The number of pyridine rings is 1. The summed E-state index contributed by atoms with van der Waals surface area (Å²) in [5.74, 6) is 3.55. The first-order valence-corrected chi connectivity index (χ1v) is 11.5. The number of hydrogen-bond donors (Lipinski definition) is 0. The fourth-order valence-corrected chi connectivity index (χ4v) is 4.38. The predicted octanol–water partition coefficient (Wildman–Crippen LogP) is 4.74. The summed E-state index contributed by atoms with van der Waals surface area (Å²) < 4.78 is 7.27. The number of rotatable bonds is 7. The molecule has 6 nitrogen and oxygen atoms in total. The number of methoxy groups -OCH3 is 1. The largest absolute Gasteiger partial charge is 0.497 e. The zero-order chi connectivity index (χ0) is 22.5. The molecule has 32 heavy (non-hydrogen) atoms. The molecule has 4 rings (SSSR count). The van der Waals surface area contributed by atoms with E-state index in [4.69, 9.17) is 9.72 Å². The zero-order valence-corrected chi connectivity index (χ0v) is 19.2. The van der Waals surface area contributed by atoms with Crippen LogP contribution in [0.1, 0.15) is 62.0 Å². The number of ether oxygens (including phenoxy) is 1. The van der Waals surface area contributed by atoms with Gasteiger partial charge in [-0.1, -0.05) is 32.0 Å². The van der Waals surface area contributed by atoms with Crippen LogP contribution in [0.15, 0.2) is 54.9 Å².